The largest absolute Gasteiger partial charge is 0.331 e. The summed E-state index contributed by atoms with van der Waals surface area (Å²) in [5.74, 6) is 4.64. The molecular formula is C15H21N3S. The van der Waals surface area contributed by atoms with Crippen molar-refractivity contribution >= 4 is 22.8 Å². The number of benzene rings is 1. The van der Waals surface area contributed by atoms with Gasteiger partial charge in [0, 0.05) is 20.0 Å². The van der Waals surface area contributed by atoms with E-state index in [0.717, 1.165) is 23.4 Å². The number of para-hydroxylation sites is 1. The topological polar surface area (TPSA) is 43.8 Å². The van der Waals surface area contributed by atoms with Crippen LogP contribution in [0.15, 0.2) is 18.2 Å². The van der Waals surface area contributed by atoms with E-state index in [1.54, 1.807) is 0 Å². The van der Waals surface area contributed by atoms with Gasteiger partial charge in [-0.1, -0.05) is 12.1 Å². The monoisotopic (exact) mass is 275 g/mol. The lowest BCUT2D eigenvalue weighted by Gasteiger charge is -2.20. The molecule has 3 nitrogen and oxygen atoms in total. The molecule has 1 aliphatic rings. The average molecular weight is 275 g/mol. The number of nitrogens with two attached hydrogens (primary N) is 1. The number of aromatic nitrogens is 2. The Balaban J connectivity index is 1.93. The van der Waals surface area contributed by atoms with E-state index >= 15 is 0 Å². The minimum atomic E-state index is 0.563. The van der Waals surface area contributed by atoms with E-state index in [0.29, 0.717) is 6.54 Å². The Hall–Kier alpha value is -1.00. The number of rotatable bonds is 3. The van der Waals surface area contributed by atoms with Crippen molar-refractivity contribution in [2.75, 3.05) is 11.5 Å². The Bertz CT molecular complexity index is 570. The zero-order chi connectivity index (χ0) is 13.2. The van der Waals surface area contributed by atoms with E-state index < -0.39 is 0 Å². The molecule has 0 saturated carbocycles. The van der Waals surface area contributed by atoms with E-state index in [1.165, 1.54) is 35.7 Å². The van der Waals surface area contributed by atoms with Crippen molar-refractivity contribution in [3.05, 3.63) is 29.6 Å². The number of nitrogens with zero attached hydrogens (tertiary/aromatic N) is 2. The van der Waals surface area contributed by atoms with Crippen molar-refractivity contribution in [2.24, 2.45) is 18.7 Å². The van der Waals surface area contributed by atoms with Crippen LogP contribution < -0.4 is 5.73 Å². The number of fused-ring (bicyclic) bond motifs is 1. The Labute approximate surface area is 118 Å². The van der Waals surface area contributed by atoms with Gasteiger partial charge >= 0.3 is 0 Å². The van der Waals surface area contributed by atoms with Gasteiger partial charge in [0.05, 0.1) is 11.0 Å². The molecule has 1 fully saturated rings. The van der Waals surface area contributed by atoms with Gasteiger partial charge in [0.2, 0.25) is 0 Å². The zero-order valence-corrected chi connectivity index (χ0v) is 12.2. The van der Waals surface area contributed by atoms with Crippen molar-refractivity contribution in [3.8, 4) is 0 Å². The molecule has 2 N–H and O–H groups in total. The fourth-order valence-electron chi connectivity index (χ4n) is 2.88. The summed E-state index contributed by atoms with van der Waals surface area (Å²) in [5.41, 5.74) is 9.26. The van der Waals surface area contributed by atoms with Crippen LogP contribution in [0, 0.1) is 5.92 Å². The number of hydrogen-bond donors (Lipinski definition) is 1. The zero-order valence-electron chi connectivity index (χ0n) is 11.4. The van der Waals surface area contributed by atoms with Gasteiger partial charge in [0.25, 0.3) is 0 Å². The number of imidazole rings is 1. The molecule has 1 aliphatic heterocycles. The van der Waals surface area contributed by atoms with Crippen LogP contribution in [0.5, 0.6) is 0 Å². The summed E-state index contributed by atoms with van der Waals surface area (Å²) in [5, 5.41) is 0. The van der Waals surface area contributed by atoms with Crippen LogP contribution in [-0.2, 0) is 20.0 Å². The summed E-state index contributed by atoms with van der Waals surface area (Å²) in [6, 6.07) is 6.30. The third kappa shape index (κ3) is 2.51. The summed E-state index contributed by atoms with van der Waals surface area (Å²) in [4.78, 5) is 4.85. The molecule has 19 heavy (non-hydrogen) atoms. The summed E-state index contributed by atoms with van der Waals surface area (Å²) in [6.07, 6.45) is 3.77. The molecule has 0 aliphatic carbocycles. The fourth-order valence-corrected chi connectivity index (χ4v) is 4.08. The van der Waals surface area contributed by atoms with Crippen molar-refractivity contribution in [1.29, 1.82) is 0 Å². The molecular weight excluding hydrogens is 254 g/mol. The van der Waals surface area contributed by atoms with E-state index in [4.69, 9.17) is 10.7 Å². The minimum Gasteiger partial charge on any atom is -0.331 e. The third-order valence-electron chi connectivity index (χ3n) is 4.12. The molecule has 0 unspecified atom stereocenters. The first kappa shape index (κ1) is 13.0. The summed E-state index contributed by atoms with van der Waals surface area (Å²) < 4.78 is 2.25. The van der Waals surface area contributed by atoms with Crippen molar-refractivity contribution in [3.63, 3.8) is 0 Å². The Morgan fingerprint density at radius 2 is 2.16 bits per heavy atom. The van der Waals surface area contributed by atoms with E-state index in [9.17, 15) is 0 Å². The first-order valence-electron chi connectivity index (χ1n) is 7.00. The van der Waals surface area contributed by atoms with Crippen molar-refractivity contribution in [2.45, 2.75) is 25.8 Å². The molecule has 2 aromatic rings. The molecule has 2 heterocycles. The average Bonchev–Trinajstić information content (AvgIpc) is 2.77. The molecule has 4 heteroatoms. The number of aryl methyl sites for hydroxylation is 1. The van der Waals surface area contributed by atoms with Gasteiger partial charge in [-0.15, -0.1) is 0 Å². The van der Waals surface area contributed by atoms with E-state index in [2.05, 4.69) is 41.6 Å². The lowest BCUT2D eigenvalue weighted by atomic mass is 9.98. The fraction of sp³-hybridized carbons (Fsp3) is 0.533. The molecule has 0 atom stereocenters. The van der Waals surface area contributed by atoms with Crippen LogP contribution in [0.1, 0.15) is 24.2 Å². The quantitative estimate of drug-likeness (QED) is 0.936. The van der Waals surface area contributed by atoms with Crippen LogP contribution in [0.4, 0.5) is 0 Å². The van der Waals surface area contributed by atoms with E-state index in [-0.39, 0.29) is 0 Å². The molecule has 1 aromatic heterocycles. The molecule has 0 spiro atoms. The first-order valence-corrected chi connectivity index (χ1v) is 8.16. The second kappa shape index (κ2) is 5.55. The third-order valence-corrected chi connectivity index (χ3v) is 5.17. The Kier molecular flexibility index (Phi) is 3.80. The van der Waals surface area contributed by atoms with E-state index in [1.807, 2.05) is 0 Å². The van der Waals surface area contributed by atoms with Crippen molar-refractivity contribution in [1.82, 2.24) is 9.55 Å². The second-order valence-corrected chi connectivity index (χ2v) is 6.56. The molecule has 1 saturated heterocycles. The van der Waals surface area contributed by atoms with Crippen LogP contribution in [0.25, 0.3) is 11.0 Å². The Morgan fingerprint density at radius 1 is 1.37 bits per heavy atom. The van der Waals surface area contributed by atoms with Gasteiger partial charge in [-0.05, 0) is 41.9 Å². The predicted octanol–water partition coefficient (Wildman–Crippen LogP) is 2.72. The lowest BCUT2D eigenvalue weighted by molar-refractivity contribution is 0.471. The number of hydrogen-bond acceptors (Lipinski definition) is 3. The van der Waals surface area contributed by atoms with Crippen LogP contribution in [0.2, 0.25) is 0 Å². The van der Waals surface area contributed by atoms with Gasteiger partial charge < -0.3 is 10.3 Å². The van der Waals surface area contributed by atoms with Crippen LogP contribution in [0.3, 0.4) is 0 Å². The van der Waals surface area contributed by atoms with Crippen molar-refractivity contribution < 1.29 is 0 Å². The maximum Gasteiger partial charge on any atom is 0.109 e. The lowest BCUT2D eigenvalue weighted by Crippen LogP contribution is -2.14. The Morgan fingerprint density at radius 3 is 2.89 bits per heavy atom. The molecule has 0 bridgehead atoms. The maximum atomic E-state index is 5.81. The van der Waals surface area contributed by atoms with Gasteiger partial charge in [-0.25, -0.2) is 4.98 Å². The standard InChI is InChI=1S/C15H21N3S/c1-18-13-4-2-3-12(10-16)15(13)17-14(18)9-11-5-7-19-8-6-11/h2-4,11H,5-10,16H2,1H3. The normalized spacial score (nSPS) is 17.2. The molecule has 0 radical (unpaired) electrons. The van der Waals surface area contributed by atoms with Gasteiger partial charge in [-0.2, -0.15) is 11.8 Å². The first-order chi connectivity index (χ1) is 9.29. The predicted molar refractivity (Wildman–Crippen MR) is 82.4 cm³/mol. The van der Waals surface area contributed by atoms with Gasteiger partial charge in [-0.3, -0.25) is 0 Å². The number of thioether (sulfide) groups is 1. The highest BCUT2D eigenvalue weighted by Gasteiger charge is 2.18. The highest BCUT2D eigenvalue weighted by atomic mass is 32.2. The van der Waals surface area contributed by atoms with Crippen LogP contribution >= 0.6 is 11.8 Å². The molecule has 1 aromatic carbocycles. The van der Waals surface area contributed by atoms with Gasteiger partial charge in [0.1, 0.15) is 5.82 Å². The summed E-state index contributed by atoms with van der Waals surface area (Å²) >= 11 is 2.08. The van der Waals surface area contributed by atoms with Gasteiger partial charge in [0.15, 0.2) is 0 Å². The highest BCUT2D eigenvalue weighted by Crippen LogP contribution is 2.27. The summed E-state index contributed by atoms with van der Waals surface area (Å²) in [6.45, 7) is 0.563. The molecule has 3 rings (SSSR count). The van der Waals surface area contributed by atoms with Crippen LogP contribution in [-0.4, -0.2) is 21.1 Å². The highest BCUT2D eigenvalue weighted by molar-refractivity contribution is 7.99. The maximum absolute atomic E-state index is 5.81. The minimum absolute atomic E-state index is 0.563. The summed E-state index contributed by atoms with van der Waals surface area (Å²) in [7, 11) is 2.13. The smallest absolute Gasteiger partial charge is 0.109 e. The molecule has 102 valence electrons. The second-order valence-electron chi connectivity index (χ2n) is 5.34. The molecule has 0 amide bonds. The SMILES string of the molecule is Cn1c(CC2CCSCC2)nc2c(CN)cccc21.